The van der Waals surface area contributed by atoms with Crippen LogP contribution >= 0.6 is 11.3 Å². The first-order valence-corrected chi connectivity index (χ1v) is 12.9. The van der Waals surface area contributed by atoms with Crippen molar-refractivity contribution in [3.8, 4) is 22.6 Å². The Labute approximate surface area is 212 Å². The normalized spacial score (nSPS) is 14.2. The Balaban J connectivity index is 1.32. The van der Waals surface area contributed by atoms with E-state index in [1.54, 1.807) is 42.1 Å². The molecule has 178 valence electrons. The third kappa shape index (κ3) is 4.43. The van der Waals surface area contributed by atoms with Gasteiger partial charge in [0.1, 0.15) is 16.3 Å². The highest BCUT2D eigenvalue weighted by Crippen LogP contribution is 2.40. The van der Waals surface area contributed by atoms with E-state index in [1.165, 1.54) is 0 Å². The number of carbonyl (C=O) groups is 1. The third-order valence-corrected chi connectivity index (χ3v) is 7.34. The predicted octanol–water partition coefficient (Wildman–Crippen LogP) is 5.21. The lowest BCUT2D eigenvalue weighted by Crippen LogP contribution is -2.45. The first kappa shape index (κ1) is 22.3. The number of anilines is 1. The summed E-state index contributed by atoms with van der Waals surface area (Å²) in [6.45, 7) is 1.58. The number of amides is 1. The van der Waals surface area contributed by atoms with Crippen molar-refractivity contribution >= 4 is 33.3 Å². The maximum absolute atomic E-state index is 12.6. The number of thiophene rings is 1. The van der Waals surface area contributed by atoms with Gasteiger partial charge in [-0.15, -0.1) is 11.3 Å². The molecule has 0 saturated carbocycles. The molecule has 1 aliphatic rings. The number of benzene rings is 1. The van der Waals surface area contributed by atoms with Gasteiger partial charge < -0.3 is 10.2 Å². The van der Waals surface area contributed by atoms with E-state index in [1.807, 2.05) is 24.3 Å². The number of pyridine rings is 2. The fraction of sp³-hybridized carbons (Fsp3) is 0.179. The topological polar surface area (TPSA) is 83.9 Å². The SMILES string of the molecule is O=C(NC1CCN(c2nc(-c3ccccn3)nc3scc(-c4ccccc4)c23)CC1)c1ccncc1. The van der Waals surface area contributed by atoms with Gasteiger partial charge in [0.2, 0.25) is 0 Å². The summed E-state index contributed by atoms with van der Waals surface area (Å²) < 4.78 is 0. The molecule has 0 spiro atoms. The van der Waals surface area contributed by atoms with Gasteiger partial charge in [0.05, 0.1) is 5.39 Å². The Morgan fingerprint density at radius 2 is 1.69 bits per heavy atom. The maximum Gasteiger partial charge on any atom is 0.251 e. The second-order valence-electron chi connectivity index (χ2n) is 8.75. The molecule has 4 aromatic heterocycles. The molecule has 0 unspecified atom stereocenters. The summed E-state index contributed by atoms with van der Waals surface area (Å²) >= 11 is 1.63. The molecule has 7 nitrogen and oxygen atoms in total. The van der Waals surface area contributed by atoms with Gasteiger partial charge in [-0.3, -0.25) is 14.8 Å². The maximum atomic E-state index is 12.6. The lowest BCUT2D eigenvalue weighted by atomic mass is 10.0. The highest BCUT2D eigenvalue weighted by atomic mass is 32.1. The van der Waals surface area contributed by atoms with E-state index in [0.717, 1.165) is 58.8 Å². The first-order chi connectivity index (χ1) is 17.8. The van der Waals surface area contributed by atoms with E-state index in [-0.39, 0.29) is 11.9 Å². The zero-order chi connectivity index (χ0) is 24.3. The van der Waals surface area contributed by atoms with Crippen LogP contribution in [-0.4, -0.2) is 45.0 Å². The first-order valence-electron chi connectivity index (χ1n) is 12.0. The van der Waals surface area contributed by atoms with E-state index in [9.17, 15) is 4.79 Å². The van der Waals surface area contributed by atoms with Gasteiger partial charge in [-0.25, -0.2) is 9.97 Å². The fourth-order valence-electron chi connectivity index (χ4n) is 4.60. The Kier molecular flexibility index (Phi) is 6.09. The molecular formula is C28H24N6OS. The van der Waals surface area contributed by atoms with E-state index in [4.69, 9.17) is 9.97 Å². The van der Waals surface area contributed by atoms with Crippen LogP contribution in [0.5, 0.6) is 0 Å². The van der Waals surface area contributed by atoms with Crippen LogP contribution in [0.3, 0.4) is 0 Å². The van der Waals surface area contributed by atoms with Crippen molar-refractivity contribution in [1.82, 2.24) is 25.3 Å². The molecule has 1 fully saturated rings. The van der Waals surface area contributed by atoms with Gasteiger partial charge in [0.25, 0.3) is 5.91 Å². The van der Waals surface area contributed by atoms with E-state index in [0.29, 0.717) is 11.4 Å². The number of fused-ring (bicyclic) bond motifs is 1. The monoisotopic (exact) mass is 492 g/mol. The van der Waals surface area contributed by atoms with Gasteiger partial charge in [-0.2, -0.15) is 0 Å². The molecular weight excluding hydrogens is 468 g/mol. The Bertz CT molecular complexity index is 1480. The number of nitrogens with zero attached hydrogens (tertiary/aromatic N) is 5. The van der Waals surface area contributed by atoms with Crippen molar-refractivity contribution in [2.24, 2.45) is 0 Å². The van der Waals surface area contributed by atoms with Gasteiger partial charge in [-0.1, -0.05) is 36.4 Å². The van der Waals surface area contributed by atoms with Crippen LogP contribution in [0.25, 0.3) is 32.9 Å². The van der Waals surface area contributed by atoms with Crippen LogP contribution in [0, 0.1) is 0 Å². The Hall–Kier alpha value is -4.17. The van der Waals surface area contributed by atoms with Gasteiger partial charge >= 0.3 is 0 Å². The van der Waals surface area contributed by atoms with Crippen LogP contribution in [0.1, 0.15) is 23.2 Å². The number of carbonyl (C=O) groups excluding carboxylic acids is 1. The van der Waals surface area contributed by atoms with Crippen molar-refractivity contribution < 1.29 is 4.79 Å². The van der Waals surface area contributed by atoms with Crippen LogP contribution in [0.2, 0.25) is 0 Å². The highest BCUT2D eigenvalue weighted by molar-refractivity contribution is 7.17. The minimum Gasteiger partial charge on any atom is -0.356 e. The second-order valence-corrected chi connectivity index (χ2v) is 9.61. The number of hydrogen-bond acceptors (Lipinski definition) is 7. The molecule has 36 heavy (non-hydrogen) atoms. The zero-order valence-electron chi connectivity index (χ0n) is 19.5. The lowest BCUT2D eigenvalue weighted by Gasteiger charge is -2.33. The summed E-state index contributed by atoms with van der Waals surface area (Å²) in [7, 11) is 0. The molecule has 1 aliphatic heterocycles. The quantitative estimate of drug-likeness (QED) is 0.362. The zero-order valence-corrected chi connectivity index (χ0v) is 20.4. The van der Waals surface area contributed by atoms with Gasteiger partial charge in [0.15, 0.2) is 5.82 Å². The summed E-state index contributed by atoms with van der Waals surface area (Å²) in [5.74, 6) is 1.51. The summed E-state index contributed by atoms with van der Waals surface area (Å²) in [5.41, 5.74) is 3.69. The van der Waals surface area contributed by atoms with E-state index < -0.39 is 0 Å². The van der Waals surface area contributed by atoms with E-state index in [2.05, 4.69) is 49.8 Å². The lowest BCUT2D eigenvalue weighted by molar-refractivity contribution is 0.0931. The Morgan fingerprint density at radius 3 is 2.44 bits per heavy atom. The molecule has 5 aromatic rings. The average Bonchev–Trinajstić information content (AvgIpc) is 3.39. The highest BCUT2D eigenvalue weighted by Gasteiger charge is 2.26. The molecule has 1 aromatic carbocycles. The number of hydrogen-bond donors (Lipinski definition) is 1. The number of piperidine rings is 1. The minimum atomic E-state index is -0.0538. The minimum absolute atomic E-state index is 0.0538. The summed E-state index contributed by atoms with van der Waals surface area (Å²) in [5, 5.41) is 6.42. The van der Waals surface area contributed by atoms with Crippen molar-refractivity contribution in [2.75, 3.05) is 18.0 Å². The standard InChI is InChI=1S/C28H24N6OS/c35-27(20-9-14-29-15-10-20)31-21-11-16-34(17-12-21)26-24-22(19-6-2-1-3-7-19)18-36-28(24)33-25(32-26)23-8-4-5-13-30-23/h1-10,13-15,18,21H,11-12,16-17H2,(H,31,35). The number of nitrogens with one attached hydrogen (secondary N) is 1. The molecule has 0 radical (unpaired) electrons. The largest absolute Gasteiger partial charge is 0.356 e. The molecule has 0 bridgehead atoms. The summed E-state index contributed by atoms with van der Waals surface area (Å²) in [4.78, 5) is 34.3. The summed E-state index contributed by atoms with van der Waals surface area (Å²) in [6, 6.07) is 19.8. The average molecular weight is 493 g/mol. The molecule has 8 heteroatoms. The molecule has 6 rings (SSSR count). The molecule has 1 N–H and O–H groups in total. The molecule has 1 saturated heterocycles. The van der Waals surface area contributed by atoms with Crippen LogP contribution in [0.4, 0.5) is 5.82 Å². The number of aromatic nitrogens is 4. The smallest absolute Gasteiger partial charge is 0.251 e. The second kappa shape index (κ2) is 9.83. The molecule has 0 aliphatic carbocycles. The molecule has 1 amide bonds. The van der Waals surface area contributed by atoms with Crippen molar-refractivity contribution in [2.45, 2.75) is 18.9 Å². The fourth-order valence-corrected chi connectivity index (χ4v) is 5.54. The summed E-state index contributed by atoms with van der Waals surface area (Å²) in [6.07, 6.45) is 6.73. The van der Waals surface area contributed by atoms with E-state index >= 15 is 0 Å². The third-order valence-electron chi connectivity index (χ3n) is 6.47. The van der Waals surface area contributed by atoms with Crippen molar-refractivity contribution in [3.63, 3.8) is 0 Å². The van der Waals surface area contributed by atoms with Crippen LogP contribution < -0.4 is 10.2 Å². The predicted molar refractivity (Wildman–Crippen MR) is 143 cm³/mol. The molecule has 0 atom stereocenters. The van der Waals surface area contributed by atoms with Crippen LogP contribution in [-0.2, 0) is 0 Å². The van der Waals surface area contributed by atoms with Crippen LogP contribution in [0.15, 0.2) is 84.6 Å². The Morgan fingerprint density at radius 1 is 0.917 bits per heavy atom. The number of rotatable bonds is 5. The molecule has 5 heterocycles. The van der Waals surface area contributed by atoms with Gasteiger partial charge in [-0.05, 0) is 42.7 Å². The van der Waals surface area contributed by atoms with Crippen molar-refractivity contribution in [1.29, 1.82) is 0 Å². The van der Waals surface area contributed by atoms with Gasteiger partial charge in [0, 0.05) is 54.2 Å². The van der Waals surface area contributed by atoms with Crippen molar-refractivity contribution in [3.05, 3.63) is 90.2 Å².